The van der Waals surface area contributed by atoms with Gasteiger partial charge in [0.05, 0.1) is 12.0 Å². The maximum absolute atomic E-state index is 14.2. The van der Waals surface area contributed by atoms with Gasteiger partial charge >= 0.3 is 5.97 Å². The smallest absolute Gasteiger partial charge is 0.316 e. The molecule has 1 atom stereocenters. The first-order valence-corrected chi connectivity index (χ1v) is 7.14. The number of hydrogen-bond acceptors (Lipinski definition) is 2. The van der Waals surface area contributed by atoms with Gasteiger partial charge < -0.3 is 4.74 Å². The molecule has 0 N–H and O–H groups in total. The van der Waals surface area contributed by atoms with Crippen molar-refractivity contribution < 1.29 is 18.3 Å². The lowest BCUT2D eigenvalue weighted by Crippen LogP contribution is -2.38. The van der Waals surface area contributed by atoms with Crippen LogP contribution in [0.25, 0.3) is 0 Å². The first-order valence-electron chi connectivity index (χ1n) is 7.14. The molecule has 116 valence electrons. The average molecular weight is 304 g/mol. The van der Waals surface area contributed by atoms with Gasteiger partial charge in [0.25, 0.3) is 0 Å². The lowest BCUT2D eigenvalue weighted by molar-refractivity contribution is -0.149. The number of halogens is 2. The minimum atomic E-state index is -1.42. The molecule has 0 aliphatic heterocycles. The van der Waals surface area contributed by atoms with E-state index in [1.807, 2.05) is 30.3 Å². The lowest BCUT2D eigenvalue weighted by Gasteiger charge is -2.28. The molecule has 0 heterocycles. The van der Waals surface area contributed by atoms with Crippen LogP contribution in [0.4, 0.5) is 8.78 Å². The molecule has 2 aromatic rings. The predicted octanol–water partition coefficient (Wildman–Crippen LogP) is 4.03. The molecule has 0 saturated carbocycles. The minimum absolute atomic E-state index is 0.152. The number of esters is 1. The van der Waals surface area contributed by atoms with Gasteiger partial charge in [0.2, 0.25) is 0 Å². The Morgan fingerprint density at radius 2 is 1.64 bits per heavy atom. The third kappa shape index (κ3) is 3.16. The van der Waals surface area contributed by atoms with E-state index >= 15 is 0 Å². The Hall–Kier alpha value is -2.23. The molecule has 0 aromatic heterocycles. The van der Waals surface area contributed by atoms with E-state index in [2.05, 4.69) is 0 Å². The number of ether oxygens (including phenoxy) is 1. The van der Waals surface area contributed by atoms with Gasteiger partial charge in [0, 0.05) is 5.56 Å². The van der Waals surface area contributed by atoms with Crippen molar-refractivity contribution >= 4 is 5.97 Å². The predicted molar refractivity (Wildman–Crippen MR) is 80.5 cm³/mol. The summed E-state index contributed by atoms with van der Waals surface area (Å²) in [5.74, 6) is -2.12. The van der Waals surface area contributed by atoms with Crippen LogP contribution >= 0.6 is 0 Å². The van der Waals surface area contributed by atoms with Crippen LogP contribution in [0.1, 0.15) is 25.0 Å². The highest BCUT2D eigenvalue weighted by Crippen LogP contribution is 2.33. The van der Waals surface area contributed by atoms with Crippen molar-refractivity contribution in [1.82, 2.24) is 0 Å². The van der Waals surface area contributed by atoms with E-state index in [1.54, 1.807) is 6.92 Å². The lowest BCUT2D eigenvalue weighted by atomic mass is 9.76. The molecule has 2 rings (SSSR count). The normalized spacial score (nSPS) is 13.5. The molecule has 2 aromatic carbocycles. The van der Waals surface area contributed by atoms with Crippen molar-refractivity contribution in [3.63, 3.8) is 0 Å². The third-order valence-corrected chi connectivity index (χ3v) is 3.64. The Labute approximate surface area is 128 Å². The highest BCUT2D eigenvalue weighted by molar-refractivity contribution is 5.83. The zero-order valence-corrected chi connectivity index (χ0v) is 12.6. The summed E-state index contributed by atoms with van der Waals surface area (Å²) in [6, 6.07) is 12.7. The van der Waals surface area contributed by atoms with Gasteiger partial charge in [-0.3, -0.25) is 4.79 Å². The van der Waals surface area contributed by atoms with E-state index in [-0.39, 0.29) is 18.6 Å². The van der Waals surface area contributed by atoms with Gasteiger partial charge in [-0.1, -0.05) is 36.4 Å². The van der Waals surface area contributed by atoms with Crippen molar-refractivity contribution in [3.05, 3.63) is 71.3 Å². The summed E-state index contributed by atoms with van der Waals surface area (Å²) in [7, 11) is 0. The molecule has 4 heteroatoms. The largest absolute Gasteiger partial charge is 0.465 e. The standard InChI is InChI=1S/C18H18F2O2/c1-3-22-17(21)18(2,12-13-8-5-4-6-9-13)16-14(19)10-7-11-15(16)20/h4-11H,3,12H2,1-2H3. The Morgan fingerprint density at radius 3 is 2.18 bits per heavy atom. The highest BCUT2D eigenvalue weighted by Gasteiger charge is 2.41. The van der Waals surface area contributed by atoms with Crippen molar-refractivity contribution in [1.29, 1.82) is 0 Å². The van der Waals surface area contributed by atoms with Crippen molar-refractivity contribution in [2.24, 2.45) is 0 Å². The number of benzene rings is 2. The molecule has 0 bridgehead atoms. The maximum Gasteiger partial charge on any atom is 0.316 e. The van der Waals surface area contributed by atoms with E-state index in [0.717, 1.165) is 17.7 Å². The van der Waals surface area contributed by atoms with Crippen molar-refractivity contribution in [3.8, 4) is 0 Å². The molecule has 0 fully saturated rings. The van der Waals surface area contributed by atoms with E-state index in [0.29, 0.717) is 0 Å². The van der Waals surface area contributed by atoms with Crippen molar-refractivity contribution in [2.45, 2.75) is 25.7 Å². The topological polar surface area (TPSA) is 26.3 Å². The summed E-state index contributed by atoms with van der Waals surface area (Å²) < 4.78 is 33.5. The molecule has 0 radical (unpaired) electrons. The Kier molecular flexibility index (Phi) is 4.91. The van der Waals surface area contributed by atoms with Gasteiger partial charge in [-0.05, 0) is 38.0 Å². The van der Waals surface area contributed by atoms with Crippen LogP contribution in [0.15, 0.2) is 48.5 Å². The van der Waals surface area contributed by atoms with Gasteiger partial charge in [-0.25, -0.2) is 8.78 Å². The van der Waals surface area contributed by atoms with E-state index in [9.17, 15) is 13.6 Å². The number of rotatable bonds is 5. The highest BCUT2D eigenvalue weighted by atomic mass is 19.1. The van der Waals surface area contributed by atoms with Gasteiger partial charge in [0.15, 0.2) is 0 Å². The van der Waals surface area contributed by atoms with Crippen LogP contribution in [0.3, 0.4) is 0 Å². The second kappa shape index (κ2) is 6.69. The molecular weight excluding hydrogens is 286 g/mol. The summed E-state index contributed by atoms with van der Waals surface area (Å²) in [4.78, 5) is 12.4. The monoisotopic (exact) mass is 304 g/mol. The van der Waals surface area contributed by atoms with E-state index in [4.69, 9.17) is 4.74 Å². The number of hydrogen-bond donors (Lipinski definition) is 0. The molecule has 1 unspecified atom stereocenters. The second-order valence-corrected chi connectivity index (χ2v) is 5.31. The summed E-state index contributed by atoms with van der Waals surface area (Å²) >= 11 is 0. The molecule has 2 nitrogen and oxygen atoms in total. The summed E-state index contributed by atoms with van der Waals surface area (Å²) in [5, 5.41) is 0. The molecule has 0 saturated heterocycles. The number of carbonyl (C=O) groups is 1. The van der Waals surface area contributed by atoms with Crippen LogP contribution in [0.5, 0.6) is 0 Å². The summed E-state index contributed by atoms with van der Waals surface area (Å²) in [6.45, 7) is 3.33. The van der Waals surface area contributed by atoms with Crippen molar-refractivity contribution in [2.75, 3.05) is 6.61 Å². The molecular formula is C18H18F2O2. The number of carbonyl (C=O) groups excluding carboxylic acids is 1. The fourth-order valence-corrected chi connectivity index (χ4v) is 2.58. The molecule has 0 amide bonds. The maximum atomic E-state index is 14.2. The molecule has 0 spiro atoms. The van der Waals surface area contributed by atoms with E-state index < -0.39 is 23.0 Å². The molecule has 0 aliphatic rings. The Bertz CT molecular complexity index is 635. The quantitative estimate of drug-likeness (QED) is 0.780. The van der Waals surface area contributed by atoms with Crippen LogP contribution in [-0.4, -0.2) is 12.6 Å². The zero-order chi connectivity index (χ0) is 16.2. The average Bonchev–Trinajstić information content (AvgIpc) is 2.48. The summed E-state index contributed by atoms with van der Waals surface area (Å²) in [6.07, 6.45) is 0.157. The first-order chi connectivity index (χ1) is 10.5. The molecule has 22 heavy (non-hydrogen) atoms. The van der Waals surface area contributed by atoms with Gasteiger partial charge in [-0.15, -0.1) is 0 Å². The van der Waals surface area contributed by atoms with Crippen LogP contribution in [0.2, 0.25) is 0 Å². The fourth-order valence-electron chi connectivity index (χ4n) is 2.58. The van der Waals surface area contributed by atoms with Gasteiger partial charge in [0.1, 0.15) is 11.6 Å². The Balaban J connectivity index is 2.53. The fraction of sp³-hybridized carbons (Fsp3) is 0.278. The zero-order valence-electron chi connectivity index (χ0n) is 12.6. The van der Waals surface area contributed by atoms with Gasteiger partial charge in [-0.2, -0.15) is 0 Å². The van der Waals surface area contributed by atoms with Crippen LogP contribution in [0, 0.1) is 11.6 Å². The first kappa shape index (κ1) is 16.1. The Morgan fingerprint density at radius 1 is 1.05 bits per heavy atom. The second-order valence-electron chi connectivity index (χ2n) is 5.31. The van der Waals surface area contributed by atoms with Crippen LogP contribution in [-0.2, 0) is 21.4 Å². The summed E-state index contributed by atoms with van der Waals surface area (Å²) in [5.41, 5.74) is -0.870. The SMILES string of the molecule is CCOC(=O)C(C)(Cc1ccccc1)c1c(F)cccc1F. The van der Waals surface area contributed by atoms with Crippen LogP contribution < -0.4 is 0 Å². The minimum Gasteiger partial charge on any atom is -0.465 e. The van der Waals surface area contributed by atoms with E-state index in [1.165, 1.54) is 13.0 Å². The molecule has 0 aliphatic carbocycles. The third-order valence-electron chi connectivity index (χ3n) is 3.64.